The zero-order chi connectivity index (χ0) is 19.2. The van der Waals surface area contributed by atoms with Gasteiger partial charge in [-0.15, -0.1) is 0 Å². The minimum atomic E-state index is -0.663. The molecule has 27 heavy (non-hydrogen) atoms. The first-order valence-corrected chi connectivity index (χ1v) is 9.47. The maximum absolute atomic E-state index is 13.7. The van der Waals surface area contributed by atoms with Crippen molar-refractivity contribution >= 4 is 28.7 Å². The van der Waals surface area contributed by atoms with E-state index in [1.807, 2.05) is 6.07 Å². The van der Waals surface area contributed by atoms with Crippen LogP contribution in [0.5, 0.6) is 0 Å². The molecular formula is C20H24F2N4S. The first-order chi connectivity index (χ1) is 13.0. The Morgan fingerprint density at radius 2 is 1.78 bits per heavy atom. The van der Waals surface area contributed by atoms with Gasteiger partial charge in [0, 0.05) is 50.5 Å². The summed E-state index contributed by atoms with van der Waals surface area (Å²) in [6.45, 7) is 6.72. The van der Waals surface area contributed by atoms with Crippen molar-refractivity contribution in [3.63, 3.8) is 0 Å². The average molecular weight is 391 g/mol. The molecule has 3 rings (SSSR count). The van der Waals surface area contributed by atoms with E-state index in [-0.39, 0.29) is 5.69 Å². The molecule has 1 fully saturated rings. The lowest BCUT2D eigenvalue weighted by molar-refractivity contribution is 0.198. The molecule has 1 unspecified atom stereocenters. The molecule has 1 aliphatic heterocycles. The lowest BCUT2D eigenvalue weighted by Crippen LogP contribution is -2.52. The predicted molar refractivity (Wildman–Crippen MR) is 110 cm³/mol. The molecule has 0 spiro atoms. The van der Waals surface area contributed by atoms with Crippen LogP contribution in [0.1, 0.15) is 6.92 Å². The van der Waals surface area contributed by atoms with Gasteiger partial charge < -0.3 is 15.5 Å². The van der Waals surface area contributed by atoms with Gasteiger partial charge in [0.25, 0.3) is 0 Å². The van der Waals surface area contributed by atoms with Crippen LogP contribution in [0.2, 0.25) is 0 Å². The van der Waals surface area contributed by atoms with E-state index in [0.29, 0.717) is 17.7 Å². The monoisotopic (exact) mass is 390 g/mol. The molecule has 1 atom stereocenters. The molecule has 2 aromatic rings. The van der Waals surface area contributed by atoms with Crippen molar-refractivity contribution in [2.24, 2.45) is 0 Å². The summed E-state index contributed by atoms with van der Waals surface area (Å²) in [6.07, 6.45) is 0. The molecule has 1 heterocycles. The molecule has 1 aliphatic rings. The maximum Gasteiger partial charge on any atom is 0.170 e. The van der Waals surface area contributed by atoms with Gasteiger partial charge in [0.15, 0.2) is 5.11 Å². The number of hydrogen-bond acceptors (Lipinski definition) is 3. The van der Waals surface area contributed by atoms with E-state index < -0.39 is 11.6 Å². The van der Waals surface area contributed by atoms with Crippen molar-refractivity contribution in [2.75, 3.05) is 42.9 Å². The van der Waals surface area contributed by atoms with Gasteiger partial charge in [0.2, 0.25) is 0 Å². The third kappa shape index (κ3) is 5.37. The molecule has 144 valence electrons. The standard InChI is InChI=1S/C20H24F2N4S/c1-15(14-23-20(27)24-19-8-7-16(21)13-18(19)22)25-9-11-26(12-10-25)17-5-3-2-4-6-17/h2-8,13,15H,9-12,14H2,1H3,(H2,23,24,27). The Balaban J connectivity index is 1.43. The highest BCUT2D eigenvalue weighted by molar-refractivity contribution is 7.80. The van der Waals surface area contributed by atoms with Crippen molar-refractivity contribution in [3.05, 3.63) is 60.2 Å². The molecule has 2 aromatic carbocycles. The van der Waals surface area contributed by atoms with E-state index >= 15 is 0 Å². The van der Waals surface area contributed by atoms with Crippen LogP contribution in [0.3, 0.4) is 0 Å². The van der Waals surface area contributed by atoms with E-state index in [1.54, 1.807) is 0 Å². The second-order valence-electron chi connectivity index (χ2n) is 6.67. The smallest absolute Gasteiger partial charge is 0.170 e. The average Bonchev–Trinajstić information content (AvgIpc) is 2.69. The van der Waals surface area contributed by atoms with Gasteiger partial charge in [-0.3, -0.25) is 4.90 Å². The van der Waals surface area contributed by atoms with E-state index in [4.69, 9.17) is 12.2 Å². The summed E-state index contributed by atoms with van der Waals surface area (Å²) in [6, 6.07) is 14.1. The first-order valence-electron chi connectivity index (χ1n) is 9.07. The lowest BCUT2D eigenvalue weighted by atomic mass is 10.2. The number of para-hydroxylation sites is 1. The fraction of sp³-hybridized carbons (Fsp3) is 0.350. The van der Waals surface area contributed by atoms with Crippen molar-refractivity contribution in [3.8, 4) is 0 Å². The van der Waals surface area contributed by atoms with Crippen LogP contribution in [0.15, 0.2) is 48.5 Å². The Hall–Kier alpha value is -2.25. The summed E-state index contributed by atoms with van der Waals surface area (Å²) < 4.78 is 26.6. The minimum absolute atomic E-state index is 0.165. The van der Waals surface area contributed by atoms with Gasteiger partial charge in [0.05, 0.1) is 5.69 Å². The Morgan fingerprint density at radius 1 is 1.07 bits per heavy atom. The van der Waals surface area contributed by atoms with Crippen LogP contribution in [0.25, 0.3) is 0 Å². The van der Waals surface area contributed by atoms with Crippen LogP contribution < -0.4 is 15.5 Å². The number of nitrogens with zero attached hydrogens (tertiary/aromatic N) is 2. The summed E-state index contributed by atoms with van der Waals surface area (Å²) in [7, 11) is 0. The maximum atomic E-state index is 13.7. The number of halogens is 2. The van der Waals surface area contributed by atoms with Crippen LogP contribution in [0, 0.1) is 11.6 Å². The third-order valence-corrected chi connectivity index (χ3v) is 5.04. The Bertz CT molecular complexity index is 764. The van der Waals surface area contributed by atoms with Gasteiger partial charge in [-0.2, -0.15) is 0 Å². The van der Waals surface area contributed by atoms with Gasteiger partial charge in [-0.05, 0) is 43.4 Å². The van der Waals surface area contributed by atoms with Crippen LogP contribution in [-0.4, -0.2) is 48.8 Å². The second kappa shape index (κ2) is 9.10. The minimum Gasteiger partial charge on any atom is -0.369 e. The summed E-state index contributed by atoms with van der Waals surface area (Å²) in [5.74, 6) is -1.27. The molecule has 0 aliphatic carbocycles. The van der Waals surface area contributed by atoms with Gasteiger partial charge in [-0.1, -0.05) is 18.2 Å². The highest BCUT2D eigenvalue weighted by atomic mass is 32.1. The second-order valence-corrected chi connectivity index (χ2v) is 7.08. The predicted octanol–water partition coefficient (Wildman–Crippen LogP) is 3.46. The van der Waals surface area contributed by atoms with Crippen molar-refractivity contribution in [1.29, 1.82) is 0 Å². The zero-order valence-electron chi connectivity index (χ0n) is 15.3. The molecule has 0 bridgehead atoms. The Morgan fingerprint density at radius 3 is 2.44 bits per heavy atom. The summed E-state index contributed by atoms with van der Waals surface area (Å²) >= 11 is 5.22. The lowest BCUT2D eigenvalue weighted by Gasteiger charge is -2.39. The molecule has 1 saturated heterocycles. The first kappa shape index (κ1) is 19.5. The van der Waals surface area contributed by atoms with Gasteiger partial charge in [-0.25, -0.2) is 8.78 Å². The highest BCUT2D eigenvalue weighted by Gasteiger charge is 2.21. The number of hydrogen-bond donors (Lipinski definition) is 2. The number of thiocarbonyl (C=S) groups is 1. The van der Waals surface area contributed by atoms with Crippen molar-refractivity contribution in [2.45, 2.75) is 13.0 Å². The normalized spacial score (nSPS) is 16.0. The zero-order valence-corrected chi connectivity index (χ0v) is 16.1. The molecule has 0 radical (unpaired) electrons. The summed E-state index contributed by atoms with van der Waals surface area (Å²) in [5.41, 5.74) is 1.42. The Kier molecular flexibility index (Phi) is 6.58. The molecule has 7 heteroatoms. The third-order valence-electron chi connectivity index (χ3n) is 4.80. The fourth-order valence-electron chi connectivity index (χ4n) is 3.19. The van der Waals surface area contributed by atoms with Crippen LogP contribution in [0.4, 0.5) is 20.2 Å². The molecule has 2 N–H and O–H groups in total. The van der Waals surface area contributed by atoms with E-state index in [1.165, 1.54) is 17.8 Å². The van der Waals surface area contributed by atoms with Crippen molar-refractivity contribution < 1.29 is 8.78 Å². The van der Waals surface area contributed by atoms with Crippen molar-refractivity contribution in [1.82, 2.24) is 10.2 Å². The summed E-state index contributed by atoms with van der Waals surface area (Å²) in [4.78, 5) is 4.80. The quantitative estimate of drug-likeness (QED) is 0.764. The number of anilines is 2. The van der Waals surface area contributed by atoms with Crippen LogP contribution >= 0.6 is 12.2 Å². The molecule has 0 aromatic heterocycles. The van der Waals surface area contributed by atoms with E-state index in [9.17, 15) is 8.78 Å². The van der Waals surface area contributed by atoms with E-state index in [2.05, 4.69) is 51.6 Å². The SMILES string of the molecule is CC(CNC(=S)Nc1ccc(F)cc1F)N1CCN(c2ccccc2)CC1. The topological polar surface area (TPSA) is 30.5 Å². The number of benzene rings is 2. The van der Waals surface area contributed by atoms with Gasteiger partial charge >= 0.3 is 0 Å². The fourth-order valence-corrected chi connectivity index (χ4v) is 3.38. The largest absolute Gasteiger partial charge is 0.369 e. The molecular weight excluding hydrogens is 366 g/mol. The molecule has 0 amide bonds. The molecule has 0 saturated carbocycles. The van der Waals surface area contributed by atoms with Crippen LogP contribution in [-0.2, 0) is 0 Å². The van der Waals surface area contributed by atoms with E-state index in [0.717, 1.165) is 32.2 Å². The number of nitrogens with one attached hydrogen (secondary N) is 2. The Labute approximate surface area is 164 Å². The summed E-state index contributed by atoms with van der Waals surface area (Å²) in [5, 5.41) is 6.22. The number of rotatable bonds is 5. The molecule has 4 nitrogen and oxygen atoms in total. The highest BCUT2D eigenvalue weighted by Crippen LogP contribution is 2.17. The number of piperazine rings is 1. The van der Waals surface area contributed by atoms with Gasteiger partial charge in [0.1, 0.15) is 11.6 Å².